The van der Waals surface area contributed by atoms with Gasteiger partial charge in [-0.1, -0.05) is 27.7 Å². The van der Waals surface area contributed by atoms with E-state index < -0.39 is 0 Å². The van der Waals surface area contributed by atoms with Crippen molar-refractivity contribution in [3.8, 4) is 0 Å². The predicted molar refractivity (Wildman–Crippen MR) is 58.1 cm³/mol. The first-order valence-corrected chi connectivity index (χ1v) is 5.37. The first-order chi connectivity index (χ1) is 6.34. The topological polar surface area (TPSA) is 34.1 Å². The van der Waals surface area contributed by atoms with Gasteiger partial charge in [0.1, 0.15) is 11.6 Å². The lowest BCUT2D eigenvalue weighted by Crippen LogP contribution is -2.23. The quantitative estimate of drug-likeness (QED) is 0.657. The second kappa shape index (κ2) is 5.94. The molecule has 0 aliphatic rings. The Labute approximate surface area is 87.1 Å². The second-order valence-electron chi connectivity index (χ2n) is 4.79. The summed E-state index contributed by atoms with van der Waals surface area (Å²) < 4.78 is 0. The zero-order chi connectivity index (χ0) is 11.3. The van der Waals surface area contributed by atoms with E-state index in [-0.39, 0.29) is 23.4 Å². The van der Waals surface area contributed by atoms with Crippen LogP contribution in [0.15, 0.2) is 0 Å². The second-order valence-corrected chi connectivity index (χ2v) is 4.79. The van der Waals surface area contributed by atoms with Crippen molar-refractivity contribution in [3.05, 3.63) is 0 Å². The highest BCUT2D eigenvalue weighted by atomic mass is 16.1. The summed E-state index contributed by atoms with van der Waals surface area (Å²) in [5.41, 5.74) is 0. The normalized spacial score (nSPS) is 13.4. The molecule has 0 aromatic rings. The lowest BCUT2D eigenvalue weighted by Gasteiger charge is -2.18. The lowest BCUT2D eigenvalue weighted by atomic mass is 9.85. The average Bonchev–Trinajstić information content (AvgIpc) is 1.99. The maximum atomic E-state index is 11.8. The van der Waals surface area contributed by atoms with Gasteiger partial charge >= 0.3 is 0 Å². The monoisotopic (exact) mass is 198 g/mol. The number of Topliss-reactive ketones (excluding diaryl/α,β-unsaturated/α-hetero) is 2. The molecule has 0 aromatic carbocycles. The zero-order valence-corrected chi connectivity index (χ0v) is 9.96. The van der Waals surface area contributed by atoms with Crippen molar-refractivity contribution in [2.45, 2.75) is 47.5 Å². The molecule has 0 unspecified atom stereocenters. The number of ketones is 2. The third-order valence-corrected chi connectivity index (χ3v) is 2.26. The van der Waals surface area contributed by atoms with Crippen molar-refractivity contribution in [2.75, 3.05) is 0 Å². The molecule has 0 N–H and O–H groups in total. The molecular formula is C12H22O2. The molecule has 0 aliphatic heterocycles. The van der Waals surface area contributed by atoms with Crippen molar-refractivity contribution in [1.29, 1.82) is 0 Å². The Morgan fingerprint density at radius 2 is 1.57 bits per heavy atom. The van der Waals surface area contributed by atoms with Gasteiger partial charge in [-0.15, -0.1) is 0 Å². The number of hydrogen-bond donors (Lipinski definition) is 0. The molecule has 0 bridgehead atoms. The van der Waals surface area contributed by atoms with Crippen molar-refractivity contribution in [2.24, 2.45) is 17.8 Å². The van der Waals surface area contributed by atoms with Crippen LogP contribution in [0.25, 0.3) is 0 Å². The Bertz CT molecular complexity index is 204. The minimum absolute atomic E-state index is 0.0399. The van der Waals surface area contributed by atoms with Crippen LogP contribution >= 0.6 is 0 Å². The Hall–Kier alpha value is -0.660. The maximum Gasteiger partial charge on any atom is 0.138 e. The lowest BCUT2D eigenvalue weighted by molar-refractivity contribution is -0.130. The van der Waals surface area contributed by atoms with Gasteiger partial charge in [-0.05, 0) is 19.3 Å². The van der Waals surface area contributed by atoms with Crippen molar-refractivity contribution in [3.63, 3.8) is 0 Å². The fourth-order valence-corrected chi connectivity index (χ4v) is 1.69. The first kappa shape index (κ1) is 13.3. The number of rotatable bonds is 6. The Morgan fingerprint density at radius 3 is 1.86 bits per heavy atom. The Balaban J connectivity index is 4.38. The summed E-state index contributed by atoms with van der Waals surface area (Å²) in [7, 11) is 0. The zero-order valence-electron chi connectivity index (χ0n) is 9.96. The Kier molecular flexibility index (Phi) is 5.66. The van der Waals surface area contributed by atoms with Crippen molar-refractivity contribution < 1.29 is 9.59 Å². The van der Waals surface area contributed by atoms with E-state index in [1.54, 1.807) is 6.92 Å². The van der Waals surface area contributed by atoms with E-state index in [1.165, 1.54) is 0 Å². The largest absolute Gasteiger partial charge is 0.300 e. The van der Waals surface area contributed by atoms with E-state index in [1.807, 2.05) is 13.8 Å². The van der Waals surface area contributed by atoms with Gasteiger partial charge in [-0.2, -0.15) is 0 Å². The van der Waals surface area contributed by atoms with Gasteiger partial charge in [-0.25, -0.2) is 0 Å². The van der Waals surface area contributed by atoms with E-state index in [9.17, 15) is 9.59 Å². The first-order valence-electron chi connectivity index (χ1n) is 5.37. The van der Waals surface area contributed by atoms with Crippen LogP contribution in [0, 0.1) is 17.8 Å². The minimum atomic E-state index is -0.0625. The molecule has 14 heavy (non-hydrogen) atoms. The molecular weight excluding hydrogens is 176 g/mol. The van der Waals surface area contributed by atoms with Crippen LogP contribution in [0.3, 0.4) is 0 Å². The molecule has 0 amide bonds. The summed E-state index contributed by atoms with van der Waals surface area (Å²) in [6.07, 6.45) is 1.24. The molecule has 0 aromatic heterocycles. The van der Waals surface area contributed by atoms with Gasteiger partial charge in [0.05, 0.1) is 0 Å². The molecule has 1 atom stereocenters. The highest BCUT2D eigenvalue weighted by molar-refractivity contribution is 5.88. The van der Waals surface area contributed by atoms with Gasteiger partial charge in [0.2, 0.25) is 0 Å². The van der Waals surface area contributed by atoms with Crippen LogP contribution in [0.4, 0.5) is 0 Å². The van der Waals surface area contributed by atoms with Crippen LogP contribution in [-0.4, -0.2) is 11.6 Å². The van der Waals surface area contributed by atoms with E-state index in [2.05, 4.69) is 13.8 Å². The molecule has 0 saturated heterocycles. The predicted octanol–water partition coefficient (Wildman–Crippen LogP) is 2.85. The van der Waals surface area contributed by atoms with E-state index in [0.29, 0.717) is 12.3 Å². The van der Waals surface area contributed by atoms with Gasteiger partial charge in [-0.3, -0.25) is 4.79 Å². The summed E-state index contributed by atoms with van der Waals surface area (Å²) in [6, 6.07) is 0. The fourth-order valence-electron chi connectivity index (χ4n) is 1.69. The molecule has 0 radical (unpaired) electrons. The molecule has 0 fully saturated rings. The number of hydrogen-bond acceptors (Lipinski definition) is 2. The van der Waals surface area contributed by atoms with Crippen LogP contribution in [0.1, 0.15) is 47.5 Å². The molecule has 2 heteroatoms. The molecule has 0 aliphatic carbocycles. The van der Waals surface area contributed by atoms with E-state index >= 15 is 0 Å². The van der Waals surface area contributed by atoms with Gasteiger partial charge < -0.3 is 4.79 Å². The summed E-state index contributed by atoms with van der Waals surface area (Å²) in [5, 5.41) is 0. The third kappa shape index (κ3) is 5.15. The number of carbonyl (C=O) groups excluding carboxylic acids is 2. The molecule has 82 valence electrons. The van der Waals surface area contributed by atoms with Gasteiger partial charge in [0, 0.05) is 18.3 Å². The highest BCUT2D eigenvalue weighted by Gasteiger charge is 2.23. The molecule has 0 heterocycles. The van der Waals surface area contributed by atoms with Crippen LogP contribution in [-0.2, 0) is 9.59 Å². The minimum Gasteiger partial charge on any atom is -0.300 e. The van der Waals surface area contributed by atoms with Gasteiger partial charge in [0.15, 0.2) is 0 Å². The maximum absolute atomic E-state index is 11.8. The average molecular weight is 198 g/mol. The summed E-state index contributed by atoms with van der Waals surface area (Å²) in [6.45, 7) is 9.52. The summed E-state index contributed by atoms with van der Waals surface area (Å²) in [5.74, 6) is 0.797. The molecule has 0 rings (SSSR count). The summed E-state index contributed by atoms with van der Waals surface area (Å²) >= 11 is 0. The molecule has 2 nitrogen and oxygen atoms in total. The fraction of sp³-hybridized carbons (Fsp3) is 0.833. The van der Waals surface area contributed by atoms with Crippen molar-refractivity contribution in [1.82, 2.24) is 0 Å². The van der Waals surface area contributed by atoms with Crippen LogP contribution in [0.2, 0.25) is 0 Å². The van der Waals surface area contributed by atoms with Crippen LogP contribution < -0.4 is 0 Å². The van der Waals surface area contributed by atoms with Gasteiger partial charge in [0.25, 0.3) is 0 Å². The molecule has 0 spiro atoms. The summed E-state index contributed by atoms with van der Waals surface area (Å²) in [4.78, 5) is 22.8. The SMILES string of the molecule is CC(=O)C[C@H](CC(C)C)C(=O)C(C)C. The standard InChI is InChI=1S/C12H22O2/c1-8(2)6-11(7-10(5)13)12(14)9(3)4/h8-9,11H,6-7H2,1-5H3/t11-/m0/s1. The van der Waals surface area contributed by atoms with Crippen LogP contribution in [0.5, 0.6) is 0 Å². The van der Waals surface area contributed by atoms with E-state index in [4.69, 9.17) is 0 Å². The van der Waals surface area contributed by atoms with E-state index in [0.717, 1.165) is 6.42 Å². The molecule has 0 saturated carbocycles. The van der Waals surface area contributed by atoms with Crippen molar-refractivity contribution >= 4 is 11.6 Å². The number of carbonyl (C=O) groups is 2. The third-order valence-electron chi connectivity index (χ3n) is 2.26. The highest BCUT2D eigenvalue weighted by Crippen LogP contribution is 2.20. The smallest absolute Gasteiger partial charge is 0.138 e. The Morgan fingerprint density at radius 1 is 1.07 bits per heavy atom.